The van der Waals surface area contributed by atoms with Gasteiger partial charge in [0.25, 0.3) is 0 Å². The number of hydrogen-bond donors (Lipinski definition) is 1. The lowest BCUT2D eigenvalue weighted by Crippen LogP contribution is -2.59. The predicted molar refractivity (Wildman–Crippen MR) is 240 cm³/mol. The molecular formula is C51H84O14. The molecule has 8 saturated heterocycles. The molecule has 0 radical (unpaired) electrons. The smallest absolute Gasteiger partial charge is 0.308 e. The van der Waals surface area contributed by atoms with E-state index in [9.17, 15) is 9.90 Å². The fraction of sp³-hybridized carbons (Fsp3) is 0.941. The summed E-state index contributed by atoms with van der Waals surface area (Å²) in [5, 5.41) is 11.3. The lowest BCUT2D eigenvalue weighted by Gasteiger charge is -2.49. The molecule has 1 N–H and O–H groups in total. The third kappa shape index (κ3) is 11.8. The van der Waals surface area contributed by atoms with Crippen LogP contribution in [0.2, 0.25) is 0 Å². The molecule has 65 heavy (non-hydrogen) atoms. The Balaban J connectivity index is 0.786. The van der Waals surface area contributed by atoms with Crippen molar-refractivity contribution in [3.63, 3.8) is 0 Å². The quantitative estimate of drug-likeness (QED) is 0.0626. The van der Waals surface area contributed by atoms with Gasteiger partial charge in [0.15, 0.2) is 0 Å². The van der Waals surface area contributed by atoms with Crippen molar-refractivity contribution in [3.8, 4) is 0 Å². The Labute approximate surface area is 388 Å². The molecule has 14 heteroatoms. The Bertz CT molecular complexity index is 1530. The summed E-state index contributed by atoms with van der Waals surface area (Å²) in [4.78, 5) is 26.2. The van der Waals surface area contributed by atoms with Gasteiger partial charge in [-0.2, -0.15) is 0 Å². The van der Waals surface area contributed by atoms with Gasteiger partial charge < -0.3 is 52.5 Å². The first-order chi connectivity index (χ1) is 31.3. The average molecular weight is 921 g/mol. The van der Waals surface area contributed by atoms with E-state index in [-0.39, 0.29) is 128 Å². The predicted octanol–water partition coefficient (Wildman–Crippen LogP) is 7.52. The van der Waals surface area contributed by atoms with E-state index in [1.54, 1.807) is 7.11 Å². The number of methoxy groups -OCH3 is 1. The summed E-state index contributed by atoms with van der Waals surface area (Å²) in [6, 6.07) is 0. The van der Waals surface area contributed by atoms with Crippen LogP contribution >= 0.6 is 0 Å². The number of hydrogen-bond acceptors (Lipinski definition) is 14. The highest BCUT2D eigenvalue weighted by Crippen LogP contribution is 2.44. The second-order valence-electron chi connectivity index (χ2n) is 21.4. The monoisotopic (exact) mass is 921 g/mol. The van der Waals surface area contributed by atoms with Gasteiger partial charge in [0.05, 0.1) is 104 Å². The maximum atomic E-state index is 13.6. The van der Waals surface area contributed by atoms with Crippen LogP contribution in [0.3, 0.4) is 0 Å². The van der Waals surface area contributed by atoms with Gasteiger partial charge in [0.1, 0.15) is 24.4 Å². The van der Waals surface area contributed by atoms with Crippen molar-refractivity contribution < 1.29 is 67.0 Å². The Morgan fingerprint density at radius 1 is 0.785 bits per heavy atom. The molecule has 13 unspecified atom stereocenters. The molecule has 8 heterocycles. The van der Waals surface area contributed by atoms with Crippen LogP contribution in [0.4, 0.5) is 0 Å². The zero-order valence-corrected chi connectivity index (χ0v) is 40.8. The summed E-state index contributed by atoms with van der Waals surface area (Å²) >= 11 is 0. The second kappa shape index (κ2) is 22.7. The Morgan fingerprint density at radius 2 is 1.52 bits per heavy atom. The number of carbonyl (C=O) groups excluding carboxylic acids is 1. The molecule has 0 saturated carbocycles. The van der Waals surface area contributed by atoms with Crippen LogP contribution in [-0.2, 0) is 61.9 Å². The molecule has 0 aromatic heterocycles. The SMILES string of the molecule is C=C1CC(CCC2CCC(C3C[C@@H](O)C4OC(CC(=O)OC5[C@H](C)O[C@H]6C[C@H]7OC(CC(OOC8CCCOC8C(C)C)C(OC)[C@@H](C)CC)C[C@H]7O[C@H]6[C@@H]5C)CCC4O3)O2)O[C@H]1CC. The van der Waals surface area contributed by atoms with Crippen LogP contribution in [-0.4, -0.2) is 147 Å². The maximum Gasteiger partial charge on any atom is 0.308 e. The van der Waals surface area contributed by atoms with Gasteiger partial charge >= 0.3 is 5.97 Å². The van der Waals surface area contributed by atoms with Crippen LogP contribution in [0.15, 0.2) is 12.2 Å². The fourth-order valence-electron chi connectivity index (χ4n) is 12.6. The van der Waals surface area contributed by atoms with E-state index in [2.05, 4.69) is 48.1 Å². The summed E-state index contributed by atoms with van der Waals surface area (Å²) in [5.74, 6) is 0.159. The van der Waals surface area contributed by atoms with E-state index in [0.717, 1.165) is 70.8 Å². The van der Waals surface area contributed by atoms with E-state index < -0.39 is 18.3 Å². The molecular weight excluding hydrogens is 837 g/mol. The number of fused-ring (bicyclic) bond motifs is 3. The third-order valence-electron chi connectivity index (χ3n) is 16.3. The van der Waals surface area contributed by atoms with E-state index in [1.807, 2.05) is 6.92 Å². The summed E-state index contributed by atoms with van der Waals surface area (Å²) in [6.45, 7) is 19.8. The van der Waals surface area contributed by atoms with Crippen LogP contribution in [0.5, 0.6) is 0 Å². The summed E-state index contributed by atoms with van der Waals surface area (Å²) in [6.07, 6.45) is 8.93. The summed E-state index contributed by atoms with van der Waals surface area (Å²) in [7, 11) is 1.75. The summed E-state index contributed by atoms with van der Waals surface area (Å²) < 4.78 is 64.1. The number of aliphatic hydroxyl groups excluding tert-OH is 1. The van der Waals surface area contributed by atoms with Gasteiger partial charge in [-0.15, -0.1) is 0 Å². The second-order valence-corrected chi connectivity index (χ2v) is 21.4. The minimum absolute atomic E-state index is 0.0121. The molecule has 14 nitrogen and oxygen atoms in total. The zero-order chi connectivity index (χ0) is 45.9. The van der Waals surface area contributed by atoms with Crippen molar-refractivity contribution in [1.82, 2.24) is 0 Å². The first-order valence-corrected chi connectivity index (χ1v) is 25.9. The van der Waals surface area contributed by atoms with Gasteiger partial charge in [-0.05, 0) is 88.5 Å². The molecule has 8 aliphatic heterocycles. The number of aliphatic hydroxyl groups is 1. The molecule has 8 aliphatic rings. The van der Waals surface area contributed by atoms with E-state index in [4.69, 9.17) is 57.1 Å². The van der Waals surface area contributed by atoms with Crippen molar-refractivity contribution in [2.24, 2.45) is 17.8 Å². The molecule has 0 aliphatic carbocycles. The number of rotatable bonds is 18. The minimum atomic E-state index is -0.693. The van der Waals surface area contributed by atoms with Crippen LogP contribution in [0, 0.1) is 17.8 Å². The van der Waals surface area contributed by atoms with Gasteiger partial charge in [-0.3, -0.25) is 4.79 Å². The van der Waals surface area contributed by atoms with Crippen LogP contribution in [0.1, 0.15) is 151 Å². The fourth-order valence-corrected chi connectivity index (χ4v) is 12.6. The summed E-state index contributed by atoms with van der Waals surface area (Å²) in [5.41, 5.74) is 1.21. The van der Waals surface area contributed by atoms with E-state index >= 15 is 0 Å². The Hall–Kier alpha value is -1.27. The van der Waals surface area contributed by atoms with Crippen molar-refractivity contribution >= 4 is 5.97 Å². The molecule has 0 spiro atoms. The van der Waals surface area contributed by atoms with Crippen molar-refractivity contribution in [2.45, 2.75) is 273 Å². The van der Waals surface area contributed by atoms with Gasteiger partial charge in [-0.1, -0.05) is 54.5 Å². The molecule has 0 bridgehead atoms. The van der Waals surface area contributed by atoms with Crippen molar-refractivity contribution in [3.05, 3.63) is 12.2 Å². The minimum Gasteiger partial charge on any atom is -0.459 e. The maximum absolute atomic E-state index is 13.6. The third-order valence-corrected chi connectivity index (χ3v) is 16.3. The van der Waals surface area contributed by atoms with E-state index in [1.165, 1.54) is 5.57 Å². The van der Waals surface area contributed by atoms with E-state index in [0.29, 0.717) is 38.0 Å². The Kier molecular flexibility index (Phi) is 17.5. The Morgan fingerprint density at radius 3 is 2.28 bits per heavy atom. The first kappa shape index (κ1) is 50.1. The zero-order valence-electron chi connectivity index (χ0n) is 40.8. The topological polar surface area (TPSA) is 148 Å². The van der Waals surface area contributed by atoms with Crippen LogP contribution in [0.25, 0.3) is 0 Å². The first-order valence-electron chi connectivity index (χ1n) is 25.9. The van der Waals surface area contributed by atoms with Crippen molar-refractivity contribution in [2.75, 3.05) is 13.7 Å². The lowest BCUT2D eigenvalue weighted by molar-refractivity contribution is -0.388. The standard InChI is InChI=1S/C51H84O14/c1-10-28(5)48(54-9)45(65-64-40-13-12-20-55-47(40)27(3)4)23-35-22-41-43(59-35)26-44-50(62-41)30(7)49(31(8)56-44)63-46(53)24-34-17-19-39-51(60-34)36(52)25-42(61-39)38-18-16-32(57-38)14-15-33-21-29(6)37(11-2)58-33/h27-28,30-45,47-52H,6,10-26H2,1-5,7-9H3/t28-,30+,31-,32?,33?,34?,35?,36+,37-,38?,39?,40?,41+,42?,43+,44-,45?,47?,48?,49?,50-,51?/m0/s1. The van der Waals surface area contributed by atoms with Gasteiger partial charge in [-0.25, -0.2) is 9.78 Å². The molecule has 8 fully saturated rings. The highest BCUT2D eigenvalue weighted by Gasteiger charge is 2.54. The average Bonchev–Trinajstić information content (AvgIpc) is 4.03. The van der Waals surface area contributed by atoms with Gasteiger partial charge in [0.2, 0.25) is 0 Å². The largest absolute Gasteiger partial charge is 0.459 e. The highest BCUT2D eigenvalue weighted by molar-refractivity contribution is 5.70. The van der Waals surface area contributed by atoms with Crippen molar-refractivity contribution in [1.29, 1.82) is 0 Å². The molecule has 8 rings (SSSR count). The number of esters is 1. The van der Waals surface area contributed by atoms with Crippen LogP contribution < -0.4 is 0 Å². The number of carbonyl (C=O) groups is 1. The molecule has 0 aromatic rings. The molecule has 22 atom stereocenters. The normalized spacial score (nSPS) is 44.6. The molecule has 0 amide bonds. The van der Waals surface area contributed by atoms with Gasteiger partial charge in [0, 0.05) is 45.3 Å². The number of ether oxygens (including phenoxy) is 10. The molecule has 0 aromatic carbocycles. The lowest BCUT2D eigenvalue weighted by atomic mass is 9.83. The molecule has 372 valence electrons. The highest BCUT2D eigenvalue weighted by atomic mass is 17.2.